The molecule has 1 fully saturated rings. The molecule has 20 heavy (non-hydrogen) atoms. The molecule has 7 nitrogen and oxygen atoms in total. The number of imidazole rings is 1. The Bertz CT molecular complexity index is 706. The van der Waals surface area contributed by atoms with Crippen molar-refractivity contribution in [3.05, 3.63) is 30.1 Å². The monoisotopic (exact) mass is 272 g/mol. The van der Waals surface area contributed by atoms with Gasteiger partial charge in [-0.25, -0.2) is 4.98 Å². The molecule has 1 atom stereocenters. The molecule has 7 heteroatoms. The van der Waals surface area contributed by atoms with Gasteiger partial charge in [0.2, 0.25) is 11.8 Å². The Balaban J connectivity index is 1.81. The van der Waals surface area contributed by atoms with Crippen molar-refractivity contribution in [1.82, 2.24) is 20.6 Å². The maximum absolute atomic E-state index is 12.2. The number of nitrogens with one attached hydrogen (secondary N) is 3. The van der Waals surface area contributed by atoms with Gasteiger partial charge >= 0.3 is 0 Å². The van der Waals surface area contributed by atoms with Gasteiger partial charge in [0, 0.05) is 6.42 Å². The zero-order chi connectivity index (χ0) is 14.1. The topological polar surface area (TPSA) is 104 Å². The number of hydrogen-bond acceptors (Lipinski definition) is 4. The number of nitrogens with zero attached hydrogens (tertiary/aromatic N) is 1. The summed E-state index contributed by atoms with van der Waals surface area (Å²) >= 11 is 0. The van der Waals surface area contributed by atoms with Crippen molar-refractivity contribution in [1.29, 1.82) is 0 Å². The Morgan fingerprint density at radius 2 is 2.20 bits per heavy atom. The molecule has 1 aromatic carbocycles. The first-order chi connectivity index (χ1) is 9.65. The fraction of sp³-hybridized carbons (Fsp3) is 0.231. The smallest absolute Gasteiger partial charge is 0.254 e. The number of imide groups is 1. The summed E-state index contributed by atoms with van der Waals surface area (Å²) in [5.41, 5.74) is 1.70. The largest absolute Gasteiger partial charge is 0.345 e. The number of piperidine rings is 1. The molecule has 102 valence electrons. The fourth-order valence-corrected chi connectivity index (χ4v) is 2.22. The molecule has 0 saturated carbocycles. The van der Waals surface area contributed by atoms with E-state index in [9.17, 15) is 14.4 Å². The van der Waals surface area contributed by atoms with E-state index in [2.05, 4.69) is 20.6 Å². The summed E-state index contributed by atoms with van der Waals surface area (Å²) in [6, 6.07) is 4.50. The zero-order valence-corrected chi connectivity index (χ0v) is 10.5. The van der Waals surface area contributed by atoms with Gasteiger partial charge in [0.25, 0.3) is 5.91 Å². The van der Waals surface area contributed by atoms with E-state index in [1.807, 2.05) is 6.07 Å². The molecule has 0 spiro atoms. The van der Waals surface area contributed by atoms with E-state index in [0.29, 0.717) is 17.5 Å². The molecule has 0 bridgehead atoms. The van der Waals surface area contributed by atoms with Crippen LogP contribution in [-0.2, 0) is 9.59 Å². The predicted molar refractivity (Wildman–Crippen MR) is 69.7 cm³/mol. The van der Waals surface area contributed by atoms with Gasteiger partial charge in [-0.3, -0.25) is 19.7 Å². The molecule has 1 aliphatic heterocycles. The number of aromatic amines is 1. The van der Waals surface area contributed by atoms with Gasteiger partial charge < -0.3 is 10.3 Å². The van der Waals surface area contributed by atoms with Crippen LogP contribution in [0.2, 0.25) is 0 Å². The van der Waals surface area contributed by atoms with Crippen molar-refractivity contribution in [2.45, 2.75) is 18.9 Å². The number of fused-ring (bicyclic) bond motifs is 1. The lowest BCUT2D eigenvalue weighted by Crippen LogP contribution is -2.52. The van der Waals surface area contributed by atoms with Crippen molar-refractivity contribution in [3.63, 3.8) is 0 Å². The van der Waals surface area contributed by atoms with Gasteiger partial charge in [0.05, 0.1) is 17.4 Å². The summed E-state index contributed by atoms with van der Waals surface area (Å²) in [7, 11) is 0. The first-order valence-electron chi connectivity index (χ1n) is 6.22. The number of rotatable bonds is 2. The van der Waals surface area contributed by atoms with Gasteiger partial charge in [0.15, 0.2) is 0 Å². The number of carbonyl (C=O) groups excluding carboxylic acids is 3. The summed E-state index contributed by atoms with van der Waals surface area (Å²) in [5.74, 6) is -1.16. The van der Waals surface area contributed by atoms with E-state index >= 15 is 0 Å². The van der Waals surface area contributed by atoms with Gasteiger partial charge in [0.1, 0.15) is 11.6 Å². The molecule has 3 N–H and O–H groups in total. The van der Waals surface area contributed by atoms with Crippen LogP contribution in [0, 0.1) is 0 Å². The van der Waals surface area contributed by atoms with Crippen LogP contribution in [0.4, 0.5) is 0 Å². The quantitative estimate of drug-likeness (QED) is 0.674. The van der Waals surface area contributed by atoms with E-state index in [4.69, 9.17) is 0 Å². The zero-order valence-electron chi connectivity index (χ0n) is 10.5. The number of hydrogen-bond donors (Lipinski definition) is 3. The maximum atomic E-state index is 12.2. The lowest BCUT2D eigenvalue weighted by Gasteiger charge is -2.21. The second-order valence-electron chi connectivity index (χ2n) is 4.58. The second-order valence-corrected chi connectivity index (χ2v) is 4.58. The van der Waals surface area contributed by atoms with Crippen molar-refractivity contribution >= 4 is 28.8 Å². The third-order valence-corrected chi connectivity index (χ3v) is 3.24. The van der Waals surface area contributed by atoms with Crippen LogP contribution in [0.3, 0.4) is 0 Å². The number of benzene rings is 1. The minimum Gasteiger partial charge on any atom is -0.345 e. The van der Waals surface area contributed by atoms with Crippen molar-refractivity contribution in [3.8, 4) is 0 Å². The molecule has 1 aromatic heterocycles. The van der Waals surface area contributed by atoms with E-state index in [1.54, 1.807) is 12.1 Å². The Kier molecular flexibility index (Phi) is 2.94. The highest BCUT2D eigenvalue weighted by molar-refractivity contribution is 6.08. The standard InChI is InChI=1S/C13H12N4O3/c18-10-5-4-9(13(20)17-10)16-12(19)7-2-1-3-8-11(7)15-6-14-8/h1-3,6,9H,4-5H2,(H,14,15)(H,16,19)(H,17,18,20)/t9-/m0/s1. The van der Waals surface area contributed by atoms with Gasteiger partial charge in [-0.05, 0) is 18.6 Å². The third-order valence-electron chi connectivity index (χ3n) is 3.24. The van der Waals surface area contributed by atoms with Gasteiger partial charge in [-0.15, -0.1) is 0 Å². The van der Waals surface area contributed by atoms with E-state index in [-0.39, 0.29) is 18.2 Å². The normalized spacial score (nSPS) is 18.9. The van der Waals surface area contributed by atoms with Crippen LogP contribution in [-0.4, -0.2) is 33.7 Å². The summed E-state index contributed by atoms with van der Waals surface area (Å²) in [6.07, 6.45) is 2.05. The fourth-order valence-electron chi connectivity index (χ4n) is 2.22. The first-order valence-corrected chi connectivity index (χ1v) is 6.22. The van der Waals surface area contributed by atoms with Crippen molar-refractivity contribution in [2.75, 3.05) is 0 Å². The Hall–Kier alpha value is -2.70. The Morgan fingerprint density at radius 1 is 1.35 bits per heavy atom. The Morgan fingerprint density at radius 3 is 3.00 bits per heavy atom. The van der Waals surface area contributed by atoms with Crippen molar-refractivity contribution < 1.29 is 14.4 Å². The molecule has 0 unspecified atom stereocenters. The first kappa shape index (κ1) is 12.3. The SMILES string of the molecule is O=C1CC[C@H](NC(=O)c2cccc3[nH]cnc23)C(=O)N1. The third kappa shape index (κ3) is 2.13. The van der Waals surface area contributed by atoms with Crippen LogP contribution in [0.1, 0.15) is 23.2 Å². The number of aromatic nitrogens is 2. The summed E-state index contributed by atoms with van der Waals surface area (Å²) in [6.45, 7) is 0. The molecule has 0 radical (unpaired) electrons. The van der Waals surface area contributed by atoms with Crippen LogP contribution in [0.15, 0.2) is 24.5 Å². The molecular formula is C13H12N4O3. The van der Waals surface area contributed by atoms with Crippen LogP contribution in [0.25, 0.3) is 11.0 Å². The molecule has 1 saturated heterocycles. The lowest BCUT2D eigenvalue weighted by molar-refractivity contribution is -0.134. The highest BCUT2D eigenvalue weighted by atomic mass is 16.2. The number of carbonyl (C=O) groups is 3. The van der Waals surface area contributed by atoms with Crippen molar-refractivity contribution in [2.24, 2.45) is 0 Å². The molecule has 3 amide bonds. The summed E-state index contributed by atoms with van der Waals surface area (Å²) in [5, 5.41) is 4.83. The van der Waals surface area contributed by atoms with E-state index in [1.165, 1.54) is 6.33 Å². The predicted octanol–water partition coefficient (Wildman–Crippen LogP) is 0.0979. The second kappa shape index (κ2) is 4.76. The average molecular weight is 272 g/mol. The summed E-state index contributed by atoms with van der Waals surface area (Å²) in [4.78, 5) is 41.9. The number of amides is 3. The highest BCUT2D eigenvalue weighted by Gasteiger charge is 2.28. The summed E-state index contributed by atoms with van der Waals surface area (Å²) < 4.78 is 0. The molecule has 3 rings (SSSR count). The minimum atomic E-state index is -0.686. The van der Waals surface area contributed by atoms with E-state index in [0.717, 1.165) is 5.52 Å². The number of H-pyrrole nitrogens is 1. The Labute approximate surface area is 113 Å². The van der Waals surface area contributed by atoms with Crippen LogP contribution in [0.5, 0.6) is 0 Å². The lowest BCUT2D eigenvalue weighted by atomic mass is 10.1. The van der Waals surface area contributed by atoms with Gasteiger partial charge in [-0.2, -0.15) is 0 Å². The molecular weight excluding hydrogens is 260 g/mol. The average Bonchev–Trinajstić information content (AvgIpc) is 2.90. The molecule has 2 heterocycles. The maximum Gasteiger partial charge on any atom is 0.254 e. The van der Waals surface area contributed by atoms with Crippen LogP contribution < -0.4 is 10.6 Å². The van der Waals surface area contributed by atoms with Crippen LogP contribution >= 0.6 is 0 Å². The number of para-hydroxylation sites is 1. The highest BCUT2D eigenvalue weighted by Crippen LogP contribution is 2.15. The minimum absolute atomic E-state index is 0.225. The molecule has 2 aromatic rings. The van der Waals surface area contributed by atoms with E-state index < -0.39 is 11.9 Å². The van der Waals surface area contributed by atoms with Gasteiger partial charge in [-0.1, -0.05) is 6.07 Å². The molecule has 0 aliphatic carbocycles. The molecule has 1 aliphatic rings.